The van der Waals surface area contributed by atoms with Crippen LogP contribution in [-0.4, -0.2) is 36.4 Å². The predicted molar refractivity (Wildman–Crippen MR) is 94.5 cm³/mol. The molecule has 0 atom stereocenters. The molecule has 6 heteroatoms. The highest BCUT2D eigenvalue weighted by Gasteiger charge is 2.13. The van der Waals surface area contributed by atoms with E-state index in [0.29, 0.717) is 29.8 Å². The highest BCUT2D eigenvalue weighted by atomic mass is 16.5. The number of hydrogen-bond acceptors (Lipinski definition) is 6. The topological polar surface area (TPSA) is 60.6 Å². The van der Waals surface area contributed by atoms with Gasteiger partial charge in [0, 0.05) is 12.1 Å². The van der Waals surface area contributed by atoms with Crippen molar-refractivity contribution in [3.05, 3.63) is 60.0 Å². The summed E-state index contributed by atoms with van der Waals surface area (Å²) in [5.41, 5.74) is 2.03. The Hall–Kier alpha value is -2.86. The first-order chi connectivity index (χ1) is 12.2. The van der Waals surface area contributed by atoms with E-state index in [1.54, 1.807) is 14.2 Å². The van der Waals surface area contributed by atoms with Crippen LogP contribution in [0, 0.1) is 0 Å². The number of methoxy groups -OCH3 is 2. The molecule has 6 nitrogen and oxygen atoms in total. The van der Waals surface area contributed by atoms with Crippen molar-refractivity contribution in [1.29, 1.82) is 0 Å². The quantitative estimate of drug-likeness (QED) is 0.657. The fourth-order valence-electron chi connectivity index (χ4n) is 2.59. The van der Waals surface area contributed by atoms with E-state index in [2.05, 4.69) is 27.2 Å². The van der Waals surface area contributed by atoms with Gasteiger partial charge in [-0.3, -0.25) is 4.90 Å². The van der Waals surface area contributed by atoms with Crippen molar-refractivity contribution < 1.29 is 13.9 Å². The smallest absolute Gasteiger partial charge is 0.247 e. The van der Waals surface area contributed by atoms with E-state index in [4.69, 9.17) is 13.9 Å². The van der Waals surface area contributed by atoms with E-state index in [1.807, 2.05) is 43.4 Å². The van der Waals surface area contributed by atoms with Gasteiger partial charge in [-0.2, -0.15) is 0 Å². The Bertz CT molecular complexity index is 818. The molecule has 0 saturated heterocycles. The number of nitrogens with zero attached hydrogens (tertiary/aromatic N) is 3. The van der Waals surface area contributed by atoms with Gasteiger partial charge in [-0.05, 0) is 30.8 Å². The zero-order valence-electron chi connectivity index (χ0n) is 14.6. The summed E-state index contributed by atoms with van der Waals surface area (Å²) in [6, 6.07) is 15.8. The lowest BCUT2D eigenvalue weighted by atomic mass is 10.2. The Morgan fingerprint density at radius 2 is 1.68 bits per heavy atom. The largest absolute Gasteiger partial charge is 0.493 e. The molecule has 0 radical (unpaired) electrons. The van der Waals surface area contributed by atoms with Gasteiger partial charge < -0.3 is 13.9 Å². The predicted octanol–water partition coefficient (Wildman–Crippen LogP) is 3.39. The third-order valence-electron chi connectivity index (χ3n) is 3.80. The fourth-order valence-corrected chi connectivity index (χ4v) is 2.59. The SMILES string of the molecule is COc1ccc(-c2nnc(CN(C)Cc3ccccc3)o2)cc1OC. The van der Waals surface area contributed by atoms with E-state index in [-0.39, 0.29) is 0 Å². The molecule has 3 rings (SSSR count). The molecule has 1 heterocycles. The molecule has 3 aromatic rings. The number of benzene rings is 2. The summed E-state index contributed by atoms with van der Waals surface area (Å²) in [6.45, 7) is 1.39. The van der Waals surface area contributed by atoms with Gasteiger partial charge in [0.25, 0.3) is 0 Å². The Kier molecular flexibility index (Phi) is 5.30. The van der Waals surface area contributed by atoms with Crippen LogP contribution in [0.2, 0.25) is 0 Å². The minimum absolute atomic E-state index is 0.462. The first kappa shape index (κ1) is 17.0. The summed E-state index contributed by atoms with van der Waals surface area (Å²) in [6.07, 6.45) is 0. The minimum atomic E-state index is 0.462. The third kappa shape index (κ3) is 4.16. The molecule has 0 bridgehead atoms. The zero-order chi connectivity index (χ0) is 17.6. The van der Waals surface area contributed by atoms with Crippen molar-refractivity contribution in [3.8, 4) is 23.0 Å². The maximum atomic E-state index is 5.79. The van der Waals surface area contributed by atoms with Crippen molar-refractivity contribution in [3.63, 3.8) is 0 Å². The van der Waals surface area contributed by atoms with Crippen LogP contribution >= 0.6 is 0 Å². The van der Waals surface area contributed by atoms with Crippen LogP contribution in [0.3, 0.4) is 0 Å². The molecule has 0 saturated carbocycles. The number of rotatable bonds is 7. The van der Waals surface area contributed by atoms with E-state index < -0.39 is 0 Å². The maximum Gasteiger partial charge on any atom is 0.247 e. The van der Waals surface area contributed by atoms with Gasteiger partial charge in [0.05, 0.1) is 20.8 Å². The number of hydrogen-bond donors (Lipinski definition) is 0. The Morgan fingerprint density at radius 3 is 2.40 bits per heavy atom. The van der Waals surface area contributed by atoms with E-state index in [1.165, 1.54) is 5.56 Å². The van der Waals surface area contributed by atoms with Crippen LogP contribution in [0.1, 0.15) is 11.5 Å². The molecule has 0 aliphatic carbocycles. The highest BCUT2D eigenvalue weighted by molar-refractivity contribution is 5.59. The van der Waals surface area contributed by atoms with Gasteiger partial charge >= 0.3 is 0 Å². The van der Waals surface area contributed by atoms with Crippen molar-refractivity contribution in [2.45, 2.75) is 13.1 Å². The van der Waals surface area contributed by atoms with Crippen LogP contribution in [0.25, 0.3) is 11.5 Å². The summed E-state index contributed by atoms with van der Waals surface area (Å²) >= 11 is 0. The highest BCUT2D eigenvalue weighted by Crippen LogP contribution is 2.31. The van der Waals surface area contributed by atoms with Crippen molar-refractivity contribution >= 4 is 0 Å². The first-order valence-corrected chi connectivity index (χ1v) is 7.97. The fraction of sp³-hybridized carbons (Fsp3) is 0.263. The normalized spacial score (nSPS) is 10.9. The third-order valence-corrected chi connectivity index (χ3v) is 3.80. The van der Waals surface area contributed by atoms with Crippen LogP contribution < -0.4 is 9.47 Å². The van der Waals surface area contributed by atoms with Gasteiger partial charge in [0.2, 0.25) is 11.8 Å². The van der Waals surface area contributed by atoms with Crippen molar-refractivity contribution in [2.75, 3.05) is 21.3 Å². The van der Waals surface area contributed by atoms with Gasteiger partial charge in [0.15, 0.2) is 11.5 Å². The maximum absolute atomic E-state index is 5.79. The number of ether oxygens (including phenoxy) is 2. The molecular formula is C19H21N3O3. The molecule has 0 fully saturated rings. The molecule has 0 N–H and O–H groups in total. The summed E-state index contributed by atoms with van der Waals surface area (Å²) in [5, 5.41) is 8.28. The molecule has 130 valence electrons. The molecule has 0 aliphatic rings. The van der Waals surface area contributed by atoms with Gasteiger partial charge in [-0.1, -0.05) is 30.3 Å². The molecule has 25 heavy (non-hydrogen) atoms. The lowest BCUT2D eigenvalue weighted by Gasteiger charge is -2.13. The molecule has 1 aromatic heterocycles. The second-order valence-corrected chi connectivity index (χ2v) is 5.73. The minimum Gasteiger partial charge on any atom is -0.493 e. The Balaban J connectivity index is 1.70. The van der Waals surface area contributed by atoms with Gasteiger partial charge in [-0.15, -0.1) is 10.2 Å². The molecule has 0 unspecified atom stereocenters. The van der Waals surface area contributed by atoms with E-state index in [9.17, 15) is 0 Å². The molecular weight excluding hydrogens is 318 g/mol. The first-order valence-electron chi connectivity index (χ1n) is 7.97. The number of aromatic nitrogens is 2. The van der Waals surface area contributed by atoms with Crippen LogP contribution in [-0.2, 0) is 13.1 Å². The van der Waals surface area contributed by atoms with Gasteiger partial charge in [-0.25, -0.2) is 0 Å². The van der Waals surface area contributed by atoms with Crippen molar-refractivity contribution in [1.82, 2.24) is 15.1 Å². The van der Waals surface area contributed by atoms with E-state index in [0.717, 1.165) is 12.1 Å². The molecule has 0 spiro atoms. The summed E-state index contributed by atoms with van der Waals surface area (Å²) in [4.78, 5) is 2.13. The average Bonchev–Trinajstić information content (AvgIpc) is 3.10. The molecule has 0 aliphatic heterocycles. The Morgan fingerprint density at radius 1 is 0.920 bits per heavy atom. The van der Waals surface area contributed by atoms with Crippen LogP contribution in [0.4, 0.5) is 0 Å². The average molecular weight is 339 g/mol. The van der Waals surface area contributed by atoms with Crippen LogP contribution in [0.5, 0.6) is 11.5 Å². The molecule has 0 amide bonds. The summed E-state index contributed by atoms with van der Waals surface area (Å²) in [5.74, 6) is 2.32. The van der Waals surface area contributed by atoms with E-state index >= 15 is 0 Å². The lowest BCUT2D eigenvalue weighted by Crippen LogP contribution is -2.17. The summed E-state index contributed by atoms with van der Waals surface area (Å²) in [7, 11) is 5.22. The zero-order valence-corrected chi connectivity index (χ0v) is 14.6. The summed E-state index contributed by atoms with van der Waals surface area (Å²) < 4.78 is 16.3. The van der Waals surface area contributed by atoms with Crippen molar-refractivity contribution in [2.24, 2.45) is 0 Å². The Labute approximate surface area is 147 Å². The van der Waals surface area contributed by atoms with Crippen LogP contribution in [0.15, 0.2) is 52.9 Å². The molecule has 2 aromatic carbocycles. The monoisotopic (exact) mass is 339 g/mol. The lowest BCUT2D eigenvalue weighted by molar-refractivity contribution is 0.283. The standard InChI is InChI=1S/C19H21N3O3/c1-22(12-14-7-5-4-6-8-14)13-18-20-21-19(25-18)15-9-10-16(23-2)17(11-15)24-3/h4-11H,12-13H2,1-3H3. The van der Waals surface area contributed by atoms with Gasteiger partial charge in [0.1, 0.15) is 0 Å². The second-order valence-electron chi connectivity index (χ2n) is 5.73. The second kappa shape index (κ2) is 7.81.